The van der Waals surface area contributed by atoms with Crippen molar-refractivity contribution in [1.29, 1.82) is 0 Å². The predicted molar refractivity (Wildman–Crippen MR) is 239 cm³/mol. The van der Waals surface area contributed by atoms with E-state index < -0.39 is 30.9 Å². The molecule has 0 amide bonds. The van der Waals surface area contributed by atoms with Gasteiger partial charge in [-0.05, 0) is 10.3 Å². The molecule has 0 aromatic heterocycles. The van der Waals surface area contributed by atoms with Gasteiger partial charge in [0.15, 0.2) is 14.8 Å². The molecule has 0 fully saturated rings. The zero-order chi connectivity index (χ0) is 37.0. The first-order valence-corrected chi connectivity index (χ1v) is 33.0. The second-order valence-corrected chi connectivity index (χ2v) is 40.0. The van der Waals surface area contributed by atoms with Gasteiger partial charge in [-0.3, -0.25) is 12.2 Å². The summed E-state index contributed by atoms with van der Waals surface area (Å²) in [6.07, 6.45) is 23.2. The van der Waals surface area contributed by atoms with Crippen LogP contribution in [0, 0.1) is 12.2 Å². The Balaban J connectivity index is 0. The van der Waals surface area contributed by atoms with E-state index in [1.807, 2.05) is 0 Å². The molecule has 0 saturated carbocycles. The fourth-order valence-electron chi connectivity index (χ4n) is 7.91. The molecule has 0 heterocycles. The molecule has 292 valence electrons. The summed E-state index contributed by atoms with van der Waals surface area (Å²) in [6, 6.07) is 29.3. The third-order valence-electron chi connectivity index (χ3n) is 10.4. The minimum absolute atomic E-state index is 0. The Labute approximate surface area is 394 Å². The van der Waals surface area contributed by atoms with Crippen molar-refractivity contribution < 1.29 is 77.2 Å². The average molecular weight is 1030 g/mol. The minimum Gasteiger partial charge on any atom is -1.00 e. The molecule has 6 rings (SSSR count). The maximum atomic E-state index is 6.75. The summed E-state index contributed by atoms with van der Waals surface area (Å²) in [7, 11) is -5.96. The fourth-order valence-corrected chi connectivity index (χ4v) is 35.1. The summed E-state index contributed by atoms with van der Waals surface area (Å²) in [5, 5.41) is 9.86. The fraction of sp³-hybridized carbons (Fsp3) is 0.409. The van der Waals surface area contributed by atoms with E-state index in [2.05, 4.69) is 188 Å². The van der Waals surface area contributed by atoms with Gasteiger partial charge in [-0.2, -0.15) is 69.3 Å². The SMILES string of the molecule is CCCC([Si](C)(C)Cl)[Si](C)(C)C1=[C-]CC=C1.CCCC([Si](C)(C)Cl)[Si](C)(C)C1=[C-]CC=C1.[Cl-].[Cl-].[Zr+2].[Zr+2].c1ccc2[cH-]ccc2c1.c1ccc2[cH-]ccc2c1. The van der Waals surface area contributed by atoms with Crippen LogP contribution in [0.2, 0.25) is 62.7 Å². The second kappa shape index (κ2) is 26.5. The second-order valence-electron chi connectivity index (χ2n) is 16.0. The van der Waals surface area contributed by atoms with Crippen LogP contribution in [-0.4, -0.2) is 30.9 Å². The zero-order valence-corrected chi connectivity index (χ0v) is 46.2. The van der Waals surface area contributed by atoms with E-state index in [1.165, 1.54) is 57.6 Å². The van der Waals surface area contributed by atoms with Crippen molar-refractivity contribution in [2.24, 2.45) is 0 Å². The quantitative estimate of drug-likeness (QED) is 0.0845. The molecular formula is C44H62Cl4Si4Zr2-2. The summed E-state index contributed by atoms with van der Waals surface area (Å²) in [5.74, 6) is 0. The number of allylic oxidation sites excluding steroid dienone is 8. The molecule has 0 nitrogen and oxygen atoms in total. The molecule has 0 radical (unpaired) electrons. The van der Waals surface area contributed by atoms with E-state index in [0.29, 0.717) is 0 Å². The van der Waals surface area contributed by atoms with Crippen LogP contribution in [0.4, 0.5) is 0 Å². The van der Waals surface area contributed by atoms with Crippen LogP contribution in [0.5, 0.6) is 0 Å². The summed E-state index contributed by atoms with van der Waals surface area (Å²) in [5.41, 5.74) is 0. The van der Waals surface area contributed by atoms with Gasteiger partial charge in [0.05, 0.1) is 0 Å². The maximum absolute atomic E-state index is 6.75. The Morgan fingerprint density at radius 3 is 1.17 bits per heavy atom. The van der Waals surface area contributed by atoms with E-state index >= 15 is 0 Å². The Bertz CT molecular complexity index is 1550. The number of hydrogen-bond acceptors (Lipinski definition) is 0. The molecule has 0 bridgehead atoms. The molecule has 0 aliphatic heterocycles. The van der Waals surface area contributed by atoms with E-state index in [1.54, 1.807) is 0 Å². The van der Waals surface area contributed by atoms with Gasteiger partial charge in [0.1, 0.15) is 0 Å². The molecule has 2 unspecified atom stereocenters. The standard InChI is InChI=1S/2C13H24ClSi2.2C9H7.2ClH.2Zr/c2*1-6-9-13(16(4,5)14)15(2,3)12-10-7-8-11-12;2*1-2-5-9-7-3-6-8(9)4-1;;;;/h2*7,10,13H,6,8-9H2,1-5H3;2*1-7H;2*1H;;/q4*-1;;;2*+2/p-2. The number of fused-ring (bicyclic) bond motifs is 2. The van der Waals surface area contributed by atoms with Crippen LogP contribution in [0.15, 0.2) is 120 Å². The van der Waals surface area contributed by atoms with Gasteiger partial charge in [-0.1, -0.05) is 104 Å². The molecule has 0 saturated heterocycles. The normalized spacial score (nSPS) is 14.5. The Kier molecular flexibility index (Phi) is 27.7. The van der Waals surface area contributed by atoms with Gasteiger partial charge >= 0.3 is 52.4 Å². The Hall–Kier alpha value is 0.414. The summed E-state index contributed by atoms with van der Waals surface area (Å²) >= 11 is 13.5. The number of rotatable bonds is 10. The first-order valence-electron chi connectivity index (χ1n) is 18.7. The molecule has 10 heteroatoms. The first-order chi connectivity index (χ1) is 23.5. The van der Waals surface area contributed by atoms with Crippen LogP contribution in [0.25, 0.3) is 21.5 Å². The van der Waals surface area contributed by atoms with Gasteiger partial charge in [-0.25, -0.2) is 22.5 Å². The molecule has 2 aliphatic carbocycles. The molecule has 2 aliphatic rings. The molecule has 4 aromatic rings. The third-order valence-corrected chi connectivity index (χ3v) is 33.2. The largest absolute Gasteiger partial charge is 2.00 e. The molecular weight excluding hydrogens is 965 g/mol. The van der Waals surface area contributed by atoms with Crippen LogP contribution in [0.3, 0.4) is 0 Å². The predicted octanol–water partition coefficient (Wildman–Crippen LogP) is 9.27. The van der Waals surface area contributed by atoms with Crippen molar-refractivity contribution in [2.75, 3.05) is 0 Å². The van der Waals surface area contributed by atoms with E-state index in [9.17, 15) is 0 Å². The van der Waals surface area contributed by atoms with Crippen LogP contribution in [-0.2, 0) is 52.4 Å². The summed E-state index contributed by atoms with van der Waals surface area (Å²) in [4.78, 5) is 0. The van der Waals surface area contributed by atoms with E-state index in [4.69, 9.17) is 22.2 Å². The van der Waals surface area contributed by atoms with Crippen molar-refractivity contribution >= 4 is 74.6 Å². The zero-order valence-electron chi connectivity index (χ0n) is 34.3. The summed E-state index contributed by atoms with van der Waals surface area (Å²) in [6.45, 7) is 23.7. The van der Waals surface area contributed by atoms with Gasteiger partial charge in [-0.15, -0.1) is 72.1 Å². The van der Waals surface area contributed by atoms with Crippen molar-refractivity contribution in [3.63, 3.8) is 0 Å². The number of halogens is 4. The van der Waals surface area contributed by atoms with Gasteiger partial charge in [0.2, 0.25) is 0 Å². The van der Waals surface area contributed by atoms with E-state index in [-0.39, 0.29) is 77.2 Å². The minimum atomic E-state index is -1.57. The number of benzene rings is 2. The van der Waals surface area contributed by atoms with Gasteiger partial charge in [0, 0.05) is 16.1 Å². The van der Waals surface area contributed by atoms with Crippen molar-refractivity contribution in [2.45, 2.75) is 115 Å². The molecule has 54 heavy (non-hydrogen) atoms. The van der Waals surface area contributed by atoms with Gasteiger partial charge in [0.25, 0.3) is 0 Å². The Morgan fingerprint density at radius 1 is 0.574 bits per heavy atom. The monoisotopic (exact) mass is 1020 g/mol. The van der Waals surface area contributed by atoms with Crippen molar-refractivity contribution in [1.82, 2.24) is 0 Å². The van der Waals surface area contributed by atoms with Crippen LogP contribution in [0.1, 0.15) is 52.4 Å². The maximum Gasteiger partial charge on any atom is 2.00 e. The van der Waals surface area contributed by atoms with Crippen molar-refractivity contribution in [3.8, 4) is 0 Å². The molecule has 0 spiro atoms. The number of hydrogen-bond donors (Lipinski definition) is 0. The third kappa shape index (κ3) is 16.9. The molecule has 4 aromatic carbocycles. The summed E-state index contributed by atoms with van der Waals surface area (Å²) < 4.78 is 0. The molecule has 0 N–H and O–H groups in total. The van der Waals surface area contributed by atoms with Gasteiger partial charge < -0.3 is 24.8 Å². The smallest absolute Gasteiger partial charge is 1.00 e. The van der Waals surface area contributed by atoms with E-state index in [0.717, 1.165) is 23.2 Å². The topological polar surface area (TPSA) is 0 Å². The average Bonchev–Trinajstić information content (AvgIpc) is 3.89. The van der Waals surface area contributed by atoms with Crippen LogP contribution < -0.4 is 24.8 Å². The Morgan fingerprint density at radius 2 is 0.907 bits per heavy atom. The first kappa shape index (κ1) is 56.5. The van der Waals surface area contributed by atoms with Crippen molar-refractivity contribution in [3.05, 3.63) is 132 Å². The van der Waals surface area contributed by atoms with Crippen LogP contribution >= 0.6 is 22.2 Å². The molecule has 2 atom stereocenters.